The maximum absolute atomic E-state index is 6.10. The second kappa shape index (κ2) is 7.35. The van der Waals surface area contributed by atoms with E-state index in [2.05, 4.69) is 43.7 Å². The van der Waals surface area contributed by atoms with E-state index in [4.69, 9.17) is 5.73 Å². The molecule has 1 aliphatic heterocycles. The van der Waals surface area contributed by atoms with Crippen LogP contribution in [0.15, 0.2) is 47.7 Å². The number of aliphatic imine (C=N–C) groups is 1. The van der Waals surface area contributed by atoms with Gasteiger partial charge in [-0.1, -0.05) is 30.3 Å². The van der Waals surface area contributed by atoms with E-state index in [0.717, 1.165) is 37.0 Å². The van der Waals surface area contributed by atoms with Crippen LogP contribution in [0, 0.1) is 0 Å². The SMILES string of the molecule is NC(=NCc1nccn1Cc1ccccc1)N1CCSCC1. The quantitative estimate of drug-likeness (QED) is 0.690. The lowest BCUT2D eigenvalue weighted by molar-refractivity contribution is 0.455. The van der Waals surface area contributed by atoms with Gasteiger partial charge >= 0.3 is 0 Å². The molecule has 1 fully saturated rings. The van der Waals surface area contributed by atoms with Crippen LogP contribution in [0.5, 0.6) is 0 Å². The van der Waals surface area contributed by atoms with Crippen molar-refractivity contribution < 1.29 is 0 Å². The number of thioether (sulfide) groups is 1. The minimum absolute atomic E-state index is 0.523. The average molecular weight is 315 g/mol. The molecule has 0 spiro atoms. The van der Waals surface area contributed by atoms with Crippen molar-refractivity contribution in [1.82, 2.24) is 14.5 Å². The molecular formula is C16H21N5S. The third-order valence-corrected chi connectivity index (χ3v) is 4.66. The van der Waals surface area contributed by atoms with Gasteiger partial charge in [0.25, 0.3) is 0 Å². The zero-order chi connectivity index (χ0) is 15.2. The van der Waals surface area contributed by atoms with Crippen LogP contribution >= 0.6 is 11.8 Å². The van der Waals surface area contributed by atoms with Gasteiger partial charge in [-0.2, -0.15) is 11.8 Å². The largest absolute Gasteiger partial charge is 0.370 e. The number of hydrogen-bond donors (Lipinski definition) is 1. The topological polar surface area (TPSA) is 59.4 Å². The lowest BCUT2D eigenvalue weighted by Gasteiger charge is -2.27. The number of rotatable bonds is 4. The molecule has 3 rings (SSSR count). The summed E-state index contributed by atoms with van der Waals surface area (Å²) < 4.78 is 2.12. The molecule has 0 unspecified atom stereocenters. The summed E-state index contributed by atoms with van der Waals surface area (Å²) in [6.45, 7) is 3.30. The Morgan fingerprint density at radius 2 is 2.00 bits per heavy atom. The molecule has 2 heterocycles. The summed E-state index contributed by atoms with van der Waals surface area (Å²) in [6.07, 6.45) is 3.81. The summed E-state index contributed by atoms with van der Waals surface area (Å²) in [5, 5.41) is 0. The van der Waals surface area contributed by atoms with E-state index >= 15 is 0 Å². The summed E-state index contributed by atoms with van der Waals surface area (Å²) >= 11 is 1.97. The standard InChI is InChI=1S/C16H21N5S/c17-16(20-8-10-22-11-9-20)19-12-15-18-6-7-21(15)13-14-4-2-1-3-5-14/h1-7H,8-13H2,(H2,17,19). The molecule has 2 N–H and O–H groups in total. The molecule has 0 bridgehead atoms. The Labute approximate surface area is 135 Å². The summed E-state index contributed by atoms with van der Waals surface area (Å²) in [4.78, 5) is 11.1. The molecule has 0 saturated carbocycles. The Hall–Kier alpha value is -1.95. The molecule has 0 atom stereocenters. The third kappa shape index (κ3) is 3.82. The maximum atomic E-state index is 6.10. The van der Waals surface area contributed by atoms with Gasteiger partial charge in [0.1, 0.15) is 12.4 Å². The first kappa shape index (κ1) is 15.0. The van der Waals surface area contributed by atoms with Crippen LogP contribution in [0.4, 0.5) is 0 Å². The number of nitrogens with zero attached hydrogens (tertiary/aromatic N) is 4. The van der Waals surface area contributed by atoms with Gasteiger partial charge < -0.3 is 15.2 Å². The molecule has 1 aromatic heterocycles. The van der Waals surface area contributed by atoms with Crippen LogP contribution in [0.25, 0.3) is 0 Å². The lowest BCUT2D eigenvalue weighted by Crippen LogP contribution is -2.42. The number of benzene rings is 1. The summed E-state index contributed by atoms with van der Waals surface area (Å²) in [5.41, 5.74) is 7.35. The highest BCUT2D eigenvalue weighted by molar-refractivity contribution is 7.99. The maximum Gasteiger partial charge on any atom is 0.191 e. The van der Waals surface area contributed by atoms with Crippen molar-refractivity contribution in [3.05, 3.63) is 54.1 Å². The van der Waals surface area contributed by atoms with Gasteiger partial charge in [-0.3, -0.25) is 0 Å². The van der Waals surface area contributed by atoms with Crippen molar-refractivity contribution in [3.8, 4) is 0 Å². The number of nitrogens with two attached hydrogens (primary N) is 1. The molecule has 0 aliphatic carbocycles. The fourth-order valence-corrected chi connectivity index (χ4v) is 3.36. The van der Waals surface area contributed by atoms with Crippen LogP contribution in [-0.4, -0.2) is 45.0 Å². The molecule has 6 heteroatoms. The highest BCUT2D eigenvalue weighted by Gasteiger charge is 2.12. The second-order valence-electron chi connectivity index (χ2n) is 5.23. The van der Waals surface area contributed by atoms with Gasteiger partial charge in [-0.25, -0.2) is 9.98 Å². The van der Waals surface area contributed by atoms with E-state index in [1.807, 2.05) is 30.2 Å². The first-order valence-electron chi connectivity index (χ1n) is 7.49. The lowest BCUT2D eigenvalue weighted by atomic mass is 10.2. The van der Waals surface area contributed by atoms with Gasteiger partial charge in [0.15, 0.2) is 5.96 Å². The van der Waals surface area contributed by atoms with Crippen LogP contribution < -0.4 is 5.73 Å². The molecule has 5 nitrogen and oxygen atoms in total. The second-order valence-corrected chi connectivity index (χ2v) is 6.46. The van der Waals surface area contributed by atoms with Crippen molar-refractivity contribution in [2.75, 3.05) is 24.6 Å². The van der Waals surface area contributed by atoms with Crippen molar-refractivity contribution >= 4 is 17.7 Å². The first-order chi connectivity index (χ1) is 10.8. The van der Waals surface area contributed by atoms with E-state index in [-0.39, 0.29) is 0 Å². The van der Waals surface area contributed by atoms with Gasteiger partial charge in [-0.05, 0) is 5.56 Å². The summed E-state index contributed by atoms with van der Waals surface area (Å²) in [6, 6.07) is 10.4. The summed E-state index contributed by atoms with van der Waals surface area (Å²) in [5.74, 6) is 3.82. The molecule has 116 valence electrons. The minimum atomic E-state index is 0.523. The Balaban J connectivity index is 1.64. The molecule has 22 heavy (non-hydrogen) atoms. The number of hydrogen-bond acceptors (Lipinski definition) is 3. The fraction of sp³-hybridized carbons (Fsp3) is 0.375. The molecule has 1 aromatic carbocycles. The third-order valence-electron chi connectivity index (χ3n) is 3.72. The minimum Gasteiger partial charge on any atom is -0.370 e. The van der Waals surface area contributed by atoms with Crippen molar-refractivity contribution in [2.45, 2.75) is 13.1 Å². The summed E-state index contributed by atoms with van der Waals surface area (Å²) in [7, 11) is 0. The normalized spacial score (nSPS) is 16.0. The number of guanidine groups is 1. The van der Waals surface area contributed by atoms with E-state index in [1.54, 1.807) is 0 Å². The van der Waals surface area contributed by atoms with E-state index < -0.39 is 0 Å². The highest BCUT2D eigenvalue weighted by Crippen LogP contribution is 2.10. The van der Waals surface area contributed by atoms with Gasteiger partial charge in [-0.15, -0.1) is 0 Å². The van der Waals surface area contributed by atoms with E-state index in [1.165, 1.54) is 5.56 Å². The Morgan fingerprint density at radius 1 is 1.23 bits per heavy atom. The number of imidazole rings is 1. The van der Waals surface area contributed by atoms with E-state index in [0.29, 0.717) is 12.5 Å². The molecule has 0 amide bonds. The molecular weight excluding hydrogens is 294 g/mol. The smallest absolute Gasteiger partial charge is 0.191 e. The Bertz CT molecular complexity index is 616. The predicted molar refractivity (Wildman–Crippen MR) is 92.0 cm³/mol. The molecule has 1 aliphatic rings. The zero-order valence-electron chi connectivity index (χ0n) is 12.6. The molecule has 0 radical (unpaired) electrons. The molecule has 2 aromatic rings. The highest BCUT2D eigenvalue weighted by atomic mass is 32.2. The van der Waals surface area contributed by atoms with Crippen molar-refractivity contribution in [3.63, 3.8) is 0 Å². The van der Waals surface area contributed by atoms with Crippen LogP contribution in [0.1, 0.15) is 11.4 Å². The van der Waals surface area contributed by atoms with Gasteiger partial charge in [0.2, 0.25) is 0 Å². The van der Waals surface area contributed by atoms with Crippen LogP contribution in [0.3, 0.4) is 0 Å². The Kier molecular flexibility index (Phi) is 5.00. The van der Waals surface area contributed by atoms with Crippen LogP contribution in [-0.2, 0) is 13.1 Å². The van der Waals surface area contributed by atoms with E-state index in [9.17, 15) is 0 Å². The van der Waals surface area contributed by atoms with Crippen molar-refractivity contribution in [2.24, 2.45) is 10.7 Å². The fourth-order valence-electron chi connectivity index (χ4n) is 2.46. The average Bonchev–Trinajstić information content (AvgIpc) is 3.01. The zero-order valence-corrected chi connectivity index (χ0v) is 13.4. The van der Waals surface area contributed by atoms with Crippen LogP contribution in [0.2, 0.25) is 0 Å². The van der Waals surface area contributed by atoms with Gasteiger partial charge in [0, 0.05) is 43.5 Å². The van der Waals surface area contributed by atoms with Gasteiger partial charge in [0.05, 0.1) is 0 Å². The number of aromatic nitrogens is 2. The Morgan fingerprint density at radius 3 is 2.77 bits per heavy atom. The van der Waals surface area contributed by atoms with Crippen molar-refractivity contribution in [1.29, 1.82) is 0 Å². The predicted octanol–water partition coefficient (Wildman–Crippen LogP) is 1.79. The first-order valence-corrected chi connectivity index (χ1v) is 8.65. The monoisotopic (exact) mass is 315 g/mol. The molecule has 1 saturated heterocycles.